The number of aliphatic hydroxyl groups excluding tert-OH is 1. The number of methoxy groups -OCH3 is 1. The number of hydrogen-bond acceptors (Lipinski definition) is 5. The Morgan fingerprint density at radius 3 is 2.63 bits per heavy atom. The van der Waals surface area contributed by atoms with E-state index in [0.717, 1.165) is 41.1 Å². The molecule has 1 atom stereocenters. The van der Waals surface area contributed by atoms with Gasteiger partial charge < -0.3 is 20.1 Å². The van der Waals surface area contributed by atoms with E-state index >= 15 is 0 Å². The number of hydrogen-bond donors (Lipinski definition) is 3. The second-order valence-electron chi connectivity index (χ2n) is 9.40. The molecule has 35 heavy (non-hydrogen) atoms. The summed E-state index contributed by atoms with van der Waals surface area (Å²) in [6.07, 6.45) is 4.87. The summed E-state index contributed by atoms with van der Waals surface area (Å²) in [5, 5.41) is 20.4. The van der Waals surface area contributed by atoms with E-state index < -0.39 is 5.54 Å². The summed E-state index contributed by atoms with van der Waals surface area (Å²) in [6, 6.07) is 16.1. The molecule has 1 aliphatic rings. The fourth-order valence-electron chi connectivity index (χ4n) is 4.78. The fraction of sp³-hybridized carbons (Fsp3) is 0.407. The van der Waals surface area contributed by atoms with Crippen molar-refractivity contribution in [2.24, 2.45) is 0 Å². The number of benzene rings is 2. The van der Waals surface area contributed by atoms with Crippen LogP contribution in [-0.4, -0.2) is 64.6 Å². The Labute approximate surface area is 206 Å². The lowest BCUT2D eigenvalue weighted by molar-refractivity contribution is 0.110. The molecule has 8 heteroatoms. The highest BCUT2D eigenvalue weighted by molar-refractivity contribution is 5.95. The molecule has 0 radical (unpaired) electrons. The van der Waals surface area contributed by atoms with Crippen LogP contribution in [0.1, 0.15) is 32.3 Å². The van der Waals surface area contributed by atoms with Gasteiger partial charge in [-0.05, 0) is 54.8 Å². The SMILES string of the molecule is COc1cccc(CN2C(=O)N(c3ccc(-c4cn[nH]c4)cc3)CC2(CCO)CCNC(C)C)c1. The van der Waals surface area contributed by atoms with Gasteiger partial charge in [0.25, 0.3) is 0 Å². The highest BCUT2D eigenvalue weighted by Crippen LogP contribution is 2.37. The van der Waals surface area contributed by atoms with Gasteiger partial charge in [-0.3, -0.25) is 10.00 Å². The van der Waals surface area contributed by atoms with Crippen molar-refractivity contribution >= 4 is 11.7 Å². The van der Waals surface area contributed by atoms with E-state index in [1.807, 2.05) is 64.5 Å². The number of amides is 2. The molecule has 2 amide bonds. The van der Waals surface area contributed by atoms with Crippen molar-refractivity contribution in [3.05, 3.63) is 66.5 Å². The Morgan fingerprint density at radius 2 is 1.97 bits per heavy atom. The second-order valence-corrected chi connectivity index (χ2v) is 9.40. The van der Waals surface area contributed by atoms with Crippen LogP contribution in [0.5, 0.6) is 5.75 Å². The monoisotopic (exact) mass is 477 g/mol. The smallest absolute Gasteiger partial charge is 0.325 e. The third kappa shape index (κ3) is 5.49. The van der Waals surface area contributed by atoms with Crippen molar-refractivity contribution < 1.29 is 14.6 Å². The zero-order chi connectivity index (χ0) is 24.8. The number of urea groups is 1. The van der Waals surface area contributed by atoms with Crippen molar-refractivity contribution in [1.82, 2.24) is 20.4 Å². The summed E-state index contributed by atoms with van der Waals surface area (Å²) in [4.78, 5) is 17.6. The average molecular weight is 478 g/mol. The lowest BCUT2D eigenvalue weighted by Gasteiger charge is -2.37. The molecule has 0 saturated carbocycles. The summed E-state index contributed by atoms with van der Waals surface area (Å²) in [7, 11) is 1.64. The van der Waals surface area contributed by atoms with Crippen LogP contribution in [0.25, 0.3) is 11.1 Å². The molecule has 1 aliphatic heterocycles. The molecule has 1 aromatic heterocycles. The largest absolute Gasteiger partial charge is 0.497 e. The lowest BCUT2D eigenvalue weighted by atomic mass is 9.89. The first kappa shape index (κ1) is 24.8. The molecule has 186 valence electrons. The number of nitrogens with one attached hydrogen (secondary N) is 2. The maximum absolute atomic E-state index is 13.9. The van der Waals surface area contributed by atoms with Crippen LogP contribution >= 0.6 is 0 Å². The van der Waals surface area contributed by atoms with Crippen LogP contribution in [0.4, 0.5) is 10.5 Å². The van der Waals surface area contributed by atoms with Crippen LogP contribution in [0, 0.1) is 0 Å². The van der Waals surface area contributed by atoms with Crippen molar-refractivity contribution in [3.63, 3.8) is 0 Å². The molecule has 3 aromatic rings. The van der Waals surface area contributed by atoms with Gasteiger partial charge in [0.15, 0.2) is 0 Å². The van der Waals surface area contributed by atoms with E-state index in [-0.39, 0.29) is 12.6 Å². The predicted octanol–water partition coefficient (Wildman–Crippen LogP) is 4.04. The Hall–Kier alpha value is -3.36. The molecule has 0 aliphatic carbocycles. The molecule has 1 fully saturated rings. The number of rotatable bonds is 11. The maximum Gasteiger partial charge on any atom is 0.325 e. The van der Waals surface area contributed by atoms with Gasteiger partial charge in [0.05, 0.1) is 25.4 Å². The summed E-state index contributed by atoms with van der Waals surface area (Å²) < 4.78 is 5.40. The van der Waals surface area contributed by atoms with Gasteiger partial charge in [0.2, 0.25) is 0 Å². The van der Waals surface area contributed by atoms with Crippen LogP contribution in [0.2, 0.25) is 0 Å². The Balaban J connectivity index is 1.65. The fourth-order valence-corrected chi connectivity index (χ4v) is 4.78. The third-order valence-corrected chi connectivity index (χ3v) is 6.69. The first-order chi connectivity index (χ1) is 17.0. The minimum absolute atomic E-state index is 0.0108. The standard InChI is InChI=1S/C27H35N5O3/c1-20(2)28-13-11-27(12-14-33)19-31(24-9-7-22(8-10-24)23-16-29-30-17-23)26(34)32(27)18-21-5-4-6-25(15-21)35-3/h4-10,15-17,20,28,33H,11-14,18-19H2,1-3H3,(H,29,30). The number of carbonyl (C=O) groups is 1. The molecule has 1 unspecified atom stereocenters. The molecule has 0 bridgehead atoms. The number of aromatic amines is 1. The van der Waals surface area contributed by atoms with E-state index in [9.17, 15) is 9.90 Å². The van der Waals surface area contributed by atoms with Gasteiger partial charge in [-0.2, -0.15) is 5.10 Å². The quantitative estimate of drug-likeness (QED) is 0.388. The van der Waals surface area contributed by atoms with E-state index in [2.05, 4.69) is 29.4 Å². The Kier molecular flexibility index (Phi) is 7.73. The minimum atomic E-state index is -0.500. The number of aromatic nitrogens is 2. The van der Waals surface area contributed by atoms with Crippen LogP contribution in [0.15, 0.2) is 60.9 Å². The number of H-pyrrole nitrogens is 1. The minimum Gasteiger partial charge on any atom is -0.497 e. The number of aliphatic hydroxyl groups is 1. The van der Waals surface area contributed by atoms with Gasteiger partial charge in [-0.15, -0.1) is 0 Å². The molecule has 2 heterocycles. The number of carbonyl (C=O) groups excluding carboxylic acids is 1. The first-order valence-corrected chi connectivity index (χ1v) is 12.1. The molecule has 1 saturated heterocycles. The molecule has 3 N–H and O–H groups in total. The van der Waals surface area contributed by atoms with Crippen molar-refractivity contribution in [2.45, 2.75) is 44.8 Å². The van der Waals surface area contributed by atoms with E-state index in [1.165, 1.54) is 0 Å². The van der Waals surface area contributed by atoms with Crippen molar-refractivity contribution in [3.8, 4) is 16.9 Å². The van der Waals surface area contributed by atoms with Crippen molar-refractivity contribution in [1.29, 1.82) is 0 Å². The summed E-state index contributed by atoms with van der Waals surface area (Å²) in [5.74, 6) is 0.759. The normalized spacial score (nSPS) is 18.0. The maximum atomic E-state index is 13.9. The number of ether oxygens (including phenoxy) is 1. The van der Waals surface area contributed by atoms with Gasteiger partial charge in [-0.25, -0.2) is 4.79 Å². The van der Waals surface area contributed by atoms with E-state index in [4.69, 9.17) is 4.74 Å². The molecule has 4 rings (SSSR count). The molecule has 8 nitrogen and oxygen atoms in total. The van der Waals surface area contributed by atoms with Crippen LogP contribution in [0.3, 0.4) is 0 Å². The zero-order valence-electron chi connectivity index (χ0n) is 20.7. The lowest BCUT2D eigenvalue weighted by Crippen LogP contribution is -2.49. The Morgan fingerprint density at radius 1 is 1.17 bits per heavy atom. The summed E-state index contributed by atoms with van der Waals surface area (Å²) >= 11 is 0. The summed E-state index contributed by atoms with van der Waals surface area (Å²) in [6.45, 7) is 5.95. The van der Waals surface area contributed by atoms with Gasteiger partial charge in [0.1, 0.15) is 5.75 Å². The zero-order valence-corrected chi connectivity index (χ0v) is 20.7. The third-order valence-electron chi connectivity index (χ3n) is 6.69. The Bertz CT molecular complexity index is 1100. The van der Waals surface area contributed by atoms with Gasteiger partial charge in [-0.1, -0.05) is 38.1 Å². The molecule has 0 spiro atoms. The average Bonchev–Trinajstić information content (AvgIpc) is 3.48. The van der Waals surface area contributed by atoms with Gasteiger partial charge >= 0.3 is 6.03 Å². The van der Waals surface area contributed by atoms with Crippen molar-refractivity contribution in [2.75, 3.05) is 31.7 Å². The highest BCUT2D eigenvalue weighted by Gasteiger charge is 2.49. The van der Waals surface area contributed by atoms with E-state index in [0.29, 0.717) is 25.6 Å². The molecular formula is C27H35N5O3. The second kappa shape index (κ2) is 10.9. The van der Waals surface area contributed by atoms with Crippen LogP contribution in [-0.2, 0) is 6.54 Å². The van der Waals surface area contributed by atoms with E-state index in [1.54, 1.807) is 13.3 Å². The number of anilines is 1. The summed E-state index contributed by atoms with van der Waals surface area (Å²) in [5.41, 5.74) is 3.37. The van der Waals surface area contributed by atoms with Crippen LogP contribution < -0.4 is 15.0 Å². The molecular weight excluding hydrogens is 442 g/mol. The molecule has 2 aromatic carbocycles. The van der Waals surface area contributed by atoms with Gasteiger partial charge in [0, 0.05) is 36.6 Å². The first-order valence-electron chi connectivity index (χ1n) is 12.1. The number of nitrogens with zero attached hydrogens (tertiary/aromatic N) is 3. The predicted molar refractivity (Wildman–Crippen MR) is 137 cm³/mol. The topological polar surface area (TPSA) is 93.7 Å². The highest BCUT2D eigenvalue weighted by atomic mass is 16.5.